The number of rotatable bonds is 12. The lowest BCUT2D eigenvalue weighted by Crippen LogP contribution is -2.11. The standard InChI is InChI=1S/C19H31O/c1-3-4-5-6-7-8-9-10-12-15-18(2)20-19-16-13-11-14-17-19/h11,13-14,16-18H,2-10,12,15H2,1H3. The molecule has 1 unspecified atom stereocenters. The van der Waals surface area contributed by atoms with E-state index in [1.165, 1.54) is 57.8 Å². The Balaban J connectivity index is 1.91. The number of benzene rings is 1. The van der Waals surface area contributed by atoms with Gasteiger partial charge in [0.05, 0.1) is 6.10 Å². The van der Waals surface area contributed by atoms with Crippen molar-refractivity contribution in [1.29, 1.82) is 0 Å². The predicted molar refractivity (Wildman–Crippen MR) is 88.1 cm³/mol. The second kappa shape index (κ2) is 11.8. The second-order valence-corrected chi connectivity index (χ2v) is 5.67. The highest BCUT2D eigenvalue weighted by molar-refractivity contribution is 5.21. The molecule has 1 aromatic carbocycles. The molecular formula is C19H31O. The fourth-order valence-electron chi connectivity index (χ4n) is 2.43. The smallest absolute Gasteiger partial charge is 0.119 e. The molecule has 0 aliphatic rings. The maximum Gasteiger partial charge on any atom is 0.119 e. The molecule has 0 amide bonds. The van der Waals surface area contributed by atoms with E-state index < -0.39 is 0 Å². The summed E-state index contributed by atoms with van der Waals surface area (Å²) >= 11 is 0. The average Bonchev–Trinajstić information content (AvgIpc) is 2.46. The molecule has 0 saturated carbocycles. The Labute approximate surface area is 125 Å². The Morgan fingerprint density at radius 2 is 1.40 bits per heavy atom. The fourth-order valence-corrected chi connectivity index (χ4v) is 2.43. The third kappa shape index (κ3) is 9.01. The van der Waals surface area contributed by atoms with Gasteiger partial charge in [0.1, 0.15) is 5.75 Å². The minimum absolute atomic E-state index is 0.0851. The van der Waals surface area contributed by atoms with Crippen molar-refractivity contribution in [2.75, 3.05) is 0 Å². The number of unbranched alkanes of at least 4 members (excludes halogenated alkanes) is 8. The van der Waals surface area contributed by atoms with Crippen LogP contribution in [0, 0.1) is 6.92 Å². The number of para-hydroxylation sites is 1. The maximum absolute atomic E-state index is 5.78. The highest BCUT2D eigenvalue weighted by atomic mass is 16.5. The van der Waals surface area contributed by atoms with Gasteiger partial charge in [-0.1, -0.05) is 76.5 Å². The molecule has 1 aromatic rings. The Hall–Kier alpha value is -0.980. The van der Waals surface area contributed by atoms with Crippen molar-refractivity contribution in [3.05, 3.63) is 37.3 Å². The molecule has 1 heteroatoms. The van der Waals surface area contributed by atoms with Gasteiger partial charge in [0.25, 0.3) is 0 Å². The molecule has 0 N–H and O–H groups in total. The van der Waals surface area contributed by atoms with Gasteiger partial charge in [0.2, 0.25) is 0 Å². The van der Waals surface area contributed by atoms with Gasteiger partial charge >= 0.3 is 0 Å². The highest BCUT2D eigenvalue weighted by Crippen LogP contribution is 2.15. The zero-order chi connectivity index (χ0) is 14.5. The first-order chi connectivity index (χ1) is 9.83. The van der Waals surface area contributed by atoms with Crippen molar-refractivity contribution in [3.63, 3.8) is 0 Å². The summed E-state index contributed by atoms with van der Waals surface area (Å²) in [5.74, 6) is 0.934. The quantitative estimate of drug-likeness (QED) is 0.413. The van der Waals surface area contributed by atoms with Crippen molar-refractivity contribution in [2.45, 2.75) is 77.2 Å². The van der Waals surface area contributed by atoms with Crippen LogP contribution in [0.3, 0.4) is 0 Å². The molecule has 0 aliphatic heterocycles. The van der Waals surface area contributed by atoms with Gasteiger partial charge in [0, 0.05) is 0 Å². The van der Waals surface area contributed by atoms with E-state index in [1.807, 2.05) is 30.3 Å². The summed E-state index contributed by atoms with van der Waals surface area (Å²) in [7, 11) is 0. The van der Waals surface area contributed by atoms with Crippen LogP contribution in [0.15, 0.2) is 30.3 Å². The summed E-state index contributed by atoms with van der Waals surface area (Å²) in [4.78, 5) is 0. The summed E-state index contributed by atoms with van der Waals surface area (Å²) in [6.07, 6.45) is 13.4. The Morgan fingerprint density at radius 1 is 0.850 bits per heavy atom. The van der Waals surface area contributed by atoms with Crippen LogP contribution < -0.4 is 4.74 Å². The van der Waals surface area contributed by atoms with Crippen LogP contribution >= 0.6 is 0 Å². The van der Waals surface area contributed by atoms with Crippen molar-refractivity contribution in [2.24, 2.45) is 0 Å². The highest BCUT2D eigenvalue weighted by Gasteiger charge is 2.03. The molecule has 1 nitrogen and oxygen atoms in total. The van der Waals surface area contributed by atoms with Gasteiger partial charge in [-0.25, -0.2) is 0 Å². The first kappa shape index (κ1) is 17.1. The van der Waals surface area contributed by atoms with E-state index >= 15 is 0 Å². The summed E-state index contributed by atoms with van der Waals surface area (Å²) in [5, 5.41) is 0. The van der Waals surface area contributed by atoms with Gasteiger partial charge in [-0.2, -0.15) is 0 Å². The van der Waals surface area contributed by atoms with Crippen LogP contribution in [0.5, 0.6) is 5.75 Å². The van der Waals surface area contributed by atoms with E-state index in [4.69, 9.17) is 4.74 Å². The van der Waals surface area contributed by atoms with E-state index in [2.05, 4.69) is 13.8 Å². The normalized spacial score (nSPS) is 12.3. The summed E-state index contributed by atoms with van der Waals surface area (Å²) in [6.45, 7) is 6.35. The van der Waals surface area contributed by atoms with E-state index in [0.717, 1.165) is 12.2 Å². The number of hydrogen-bond donors (Lipinski definition) is 0. The van der Waals surface area contributed by atoms with Gasteiger partial charge < -0.3 is 4.74 Å². The van der Waals surface area contributed by atoms with Gasteiger partial charge in [0.15, 0.2) is 0 Å². The minimum atomic E-state index is 0.0851. The number of hydrogen-bond acceptors (Lipinski definition) is 1. The largest absolute Gasteiger partial charge is 0.490 e. The molecule has 0 fully saturated rings. The van der Waals surface area contributed by atoms with Crippen molar-refractivity contribution in [3.8, 4) is 5.75 Å². The second-order valence-electron chi connectivity index (χ2n) is 5.67. The van der Waals surface area contributed by atoms with Gasteiger partial charge in [-0.3, -0.25) is 0 Å². The summed E-state index contributed by atoms with van der Waals surface area (Å²) in [6, 6.07) is 10.00. The molecule has 0 heterocycles. The number of ether oxygens (including phenoxy) is 1. The van der Waals surface area contributed by atoms with Crippen LogP contribution in [0.4, 0.5) is 0 Å². The van der Waals surface area contributed by atoms with Crippen molar-refractivity contribution >= 4 is 0 Å². The first-order valence-corrected chi connectivity index (χ1v) is 8.37. The first-order valence-electron chi connectivity index (χ1n) is 8.37. The van der Waals surface area contributed by atoms with Crippen LogP contribution in [0.25, 0.3) is 0 Å². The molecule has 1 atom stereocenters. The van der Waals surface area contributed by atoms with Gasteiger partial charge in [-0.05, 0) is 31.9 Å². The lowest BCUT2D eigenvalue weighted by Gasteiger charge is -2.14. The monoisotopic (exact) mass is 275 g/mol. The van der Waals surface area contributed by atoms with E-state index in [0.29, 0.717) is 0 Å². The van der Waals surface area contributed by atoms with Crippen LogP contribution in [0.2, 0.25) is 0 Å². The Bertz CT molecular complexity index is 307. The van der Waals surface area contributed by atoms with E-state index in [-0.39, 0.29) is 6.10 Å². The molecule has 0 spiro atoms. The van der Waals surface area contributed by atoms with E-state index in [1.54, 1.807) is 0 Å². The van der Waals surface area contributed by atoms with Crippen LogP contribution in [0.1, 0.15) is 71.1 Å². The third-order valence-electron chi connectivity index (χ3n) is 3.68. The molecule has 20 heavy (non-hydrogen) atoms. The Morgan fingerprint density at radius 3 is 2.00 bits per heavy atom. The Kier molecular flexibility index (Phi) is 10.1. The predicted octanol–water partition coefficient (Wildman–Crippen LogP) is 6.19. The lowest BCUT2D eigenvalue weighted by molar-refractivity contribution is 0.231. The summed E-state index contributed by atoms with van der Waals surface area (Å²) in [5.41, 5.74) is 0. The topological polar surface area (TPSA) is 9.23 Å². The van der Waals surface area contributed by atoms with E-state index in [9.17, 15) is 0 Å². The molecule has 0 saturated heterocycles. The average molecular weight is 275 g/mol. The molecular weight excluding hydrogens is 244 g/mol. The van der Waals surface area contributed by atoms with Crippen molar-refractivity contribution < 1.29 is 4.74 Å². The van der Waals surface area contributed by atoms with Crippen LogP contribution in [-0.4, -0.2) is 6.10 Å². The SMILES string of the molecule is [CH2]C(CCCCCCCCCCC)Oc1ccccc1. The zero-order valence-electron chi connectivity index (χ0n) is 13.2. The van der Waals surface area contributed by atoms with Crippen LogP contribution in [-0.2, 0) is 0 Å². The maximum atomic E-state index is 5.78. The van der Waals surface area contributed by atoms with Crippen molar-refractivity contribution in [1.82, 2.24) is 0 Å². The third-order valence-corrected chi connectivity index (χ3v) is 3.68. The summed E-state index contributed by atoms with van der Waals surface area (Å²) < 4.78 is 5.78. The molecule has 0 bridgehead atoms. The molecule has 113 valence electrons. The van der Waals surface area contributed by atoms with Gasteiger partial charge in [-0.15, -0.1) is 0 Å². The lowest BCUT2D eigenvalue weighted by atomic mass is 10.1. The fraction of sp³-hybridized carbons (Fsp3) is 0.632. The zero-order valence-corrected chi connectivity index (χ0v) is 13.2. The molecule has 1 radical (unpaired) electrons. The molecule has 1 rings (SSSR count). The molecule has 0 aliphatic carbocycles. The molecule has 0 aromatic heterocycles. The minimum Gasteiger partial charge on any atom is -0.490 e.